The average molecular weight is 290 g/mol. The number of nitrogens with zero attached hydrogens (tertiary/aromatic N) is 1. The Morgan fingerprint density at radius 2 is 2.00 bits per heavy atom. The van der Waals surface area contributed by atoms with E-state index in [-0.39, 0.29) is 11.9 Å². The number of benzene rings is 1. The lowest BCUT2D eigenvalue weighted by Crippen LogP contribution is -2.55. The quantitative estimate of drug-likeness (QED) is 0.865. The second kappa shape index (κ2) is 6.26. The van der Waals surface area contributed by atoms with Crippen molar-refractivity contribution in [1.82, 2.24) is 10.4 Å². The molecule has 5 heteroatoms. The van der Waals surface area contributed by atoms with Crippen LogP contribution in [0.3, 0.4) is 0 Å². The van der Waals surface area contributed by atoms with Gasteiger partial charge in [0.15, 0.2) is 0 Å². The smallest absolute Gasteiger partial charge is 0.325 e. The van der Waals surface area contributed by atoms with E-state index in [0.29, 0.717) is 19.4 Å². The summed E-state index contributed by atoms with van der Waals surface area (Å²) in [6.45, 7) is 5.95. The molecule has 1 aromatic carbocycles. The molecule has 1 aromatic rings. The molecule has 1 aliphatic rings. The van der Waals surface area contributed by atoms with Crippen LogP contribution in [-0.4, -0.2) is 28.5 Å². The van der Waals surface area contributed by atoms with Crippen LogP contribution in [0.25, 0.3) is 0 Å². The second-order valence-corrected chi connectivity index (χ2v) is 6.22. The summed E-state index contributed by atoms with van der Waals surface area (Å²) < 4.78 is 5.37. The van der Waals surface area contributed by atoms with Gasteiger partial charge in [0, 0.05) is 6.42 Å². The predicted molar refractivity (Wildman–Crippen MR) is 79.0 cm³/mol. The lowest BCUT2D eigenvalue weighted by molar-refractivity contribution is -0.163. The van der Waals surface area contributed by atoms with Gasteiger partial charge in [-0.05, 0) is 32.8 Å². The number of ether oxygens (including phenoxy) is 1. The van der Waals surface area contributed by atoms with Crippen LogP contribution >= 0.6 is 0 Å². The fraction of sp³-hybridized carbons (Fsp3) is 0.500. The molecule has 0 saturated carbocycles. The van der Waals surface area contributed by atoms with Crippen molar-refractivity contribution in [3.63, 3.8) is 0 Å². The number of hydrazine groups is 1. The molecule has 114 valence electrons. The summed E-state index contributed by atoms with van der Waals surface area (Å²) in [6.07, 6.45) is 0.822. The van der Waals surface area contributed by atoms with Gasteiger partial charge < -0.3 is 4.74 Å². The molecule has 21 heavy (non-hydrogen) atoms. The molecule has 0 aliphatic carbocycles. The van der Waals surface area contributed by atoms with Crippen molar-refractivity contribution in [2.24, 2.45) is 0 Å². The van der Waals surface area contributed by atoms with Crippen LogP contribution in [0, 0.1) is 0 Å². The van der Waals surface area contributed by atoms with Crippen LogP contribution in [0.2, 0.25) is 0 Å². The van der Waals surface area contributed by atoms with Crippen LogP contribution in [0.15, 0.2) is 30.3 Å². The first-order chi connectivity index (χ1) is 9.85. The van der Waals surface area contributed by atoms with E-state index in [1.807, 2.05) is 51.1 Å². The van der Waals surface area contributed by atoms with Crippen molar-refractivity contribution in [2.75, 3.05) is 0 Å². The maximum Gasteiger partial charge on any atom is 0.325 e. The number of rotatable bonds is 3. The van der Waals surface area contributed by atoms with Crippen molar-refractivity contribution in [2.45, 2.75) is 51.8 Å². The zero-order valence-corrected chi connectivity index (χ0v) is 12.8. The van der Waals surface area contributed by atoms with Crippen LogP contribution in [0.5, 0.6) is 0 Å². The zero-order valence-electron chi connectivity index (χ0n) is 12.8. The predicted octanol–water partition coefficient (Wildman–Crippen LogP) is 2.02. The molecule has 1 atom stereocenters. The highest BCUT2D eigenvalue weighted by molar-refractivity contribution is 5.82. The van der Waals surface area contributed by atoms with Gasteiger partial charge >= 0.3 is 5.97 Å². The molecule has 1 N–H and O–H groups in total. The molecule has 5 nitrogen and oxygen atoms in total. The number of nitrogens with one attached hydrogen (secondary N) is 1. The molecule has 1 unspecified atom stereocenters. The molecule has 1 saturated heterocycles. The fourth-order valence-corrected chi connectivity index (χ4v) is 2.17. The Morgan fingerprint density at radius 3 is 2.62 bits per heavy atom. The third-order valence-corrected chi connectivity index (χ3v) is 3.13. The highest BCUT2D eigenvalue weighted by atomic mass is 16.6. The van der Waals surface area contributed by atoms with Gasteiger partial charge in [0.05, 0.1) is 6.54 Å². The Hall–Kier alpha value is -1.88. The largest absolute Gasteiger partial charge is 0.459 e. The number of carbonyl (C=O) groups excluding carboxylic acids is 2. The van der Waals surface area contributed by atoms with Crippen LogP contribution in [0.1, 0.15) is 39.2 Å². The fourth-order valence-electron chi connectivity index (χ4n) is 2.17. The van der Waals surface area contributed by atoms with Crippen LogP contribution in [0.4, 0.5) is 0 Å². The van der Waals surface area contributed by atoms with Crippen LogP contribution in [-0.2, 0) is 20.9 Å². The monoisotopic (exact) mass is 290 g/mol. The van der Waals surface area contributed by atoms with E-state index in [2.05, 4.69) is 5.43 Å². The summed E-state index contributed by atoms with van der Waals surface area (Å²) in [5, 5.41) is 1.51. The molecule has 0 bridgehead atoms. The highest BCUT2D eigenvalue weighted by Crippen LogP contribution is 2.16. The number of esters is 1. The van der Waals surface area contributed by atoms with Crippen LogP contribution < -0.4 is 5.43 Å². The second-order valence-electron chi connectivity index (χ2n) is 6.22. The Morgan fingerprint density at radius 1 is 1.33 bits per heavy atom. The molecular formula is C16H22N2O3. The topological polar surface area (TPSA) is 58.6 Å². The first-order valence-corrected chi connectivity index (χ1v) is 7.18. The molecule has 0 radical (unpaired) electrons. The Balaban J connectivity index is 1.99. The first kappa shape index (κ1) is 15.5. The third-order valence-electron chi connectivity index (χ3n) is 3.13. The Bertz CT molecular complexity index is 508. The molecule has 1 fully saturated rings. The standard InChI is InChI=1S/C16H22N2O3/c1-16(2,3)21-15(20)13-9-10-14(19)18(17-13)11-12-7-5-4-6-8-12/h4-8,13,17H,9-11H2,1-3H3. The van der Waals surface area contributed by atoms with Gasteiger partial charge in [0.1, 0.15) is 11.6 Å². The summed E-state index contributed by atoms with van der Waals surface area (Å²) in [7, 11) is 0. The maximum absolute atomic E-state index is 12.1. The molecule has 1 amide bonds. The number of hydrogen-bond donors (Lipinski definition) is 1. The van der Waals surface area contributed by atoms with Gasteiger partial charge in [0.25, 0.3) is 0 Å². The minimum Gasteiger partial charge on any atom is -0.459 e. The highest BCUT2D eigenvalue weighted by Gasteiger charge is 2.32. The van der Waals surface area contributed by atoms with Gasteiger partial charge in [-0.1, -0.05) is 30.3 Å². The SMILES string of the molecule is CC(C)(C)OC(=O)C1CCC(=O)N(Cc2ccccc2)N1. The molecule has 1 heterocycles. The average Bonchev–Trinajstić information content (AvgIpc) is 2.40. The lowest BCUT2D eigenvalue weighted by atomic mass is 10.1. The zero-order chi connectivity index (χ0) is 15.5. The Kier molecular flexibility index (Phi) is 4.63. The molecule has 0 spiro atoms. The van der Waals surface area contributed by atoms with Crippen molar-refractivity contribution in [3.05, 3.63) is 35.9 Å². The van der Waals surface area contributed by atoms with E-state index >= 15 is 0 Å². The van der Waals surface area contributed by atoms with Gasteiger partial charge in [0.2, 0.25) is 5.91 Å². The van der Waals surface area contributed by atoms with E-state index in [9.17, 15) is 9.59 Å². The third kappa shape index (κ3) is 4.56. The van der Waals surface area contributed by atoms with E-state index in [4.69, 9.17) is 4.74 Å². The van der Waals surface area contributed by atoms with Gasteiger partial charge in [-0.2, -0.15) is 0 Å². The Labute approximate surface area is 125 Å². The van der Waals surface area contributed by atoms with E-state index in [0.717, 1.165) is 5.56 Å². The van der Waals surface area contributed by atoms with E-state index < -0.39 is 11.6 Å². The van der Waals surface area contributed by atoms with Crippen molar-refractivity contribution >= 4 is 11.9 Å². The normalized spacial score (nSPS) is 19.5. The minimum atomic E-state index is -0.523. The summed E-state index contributed by atoms with van der Waals surface area (Å²) in [6, 6.07) is 9.21. The van der Waals surface area contributed by atoms with Gasteiger partial charge in [-0.25, -0.2) is 5.43 Å². The summed E-state index contributed by atoms with van der Waals surface area (Å²) in [4.78, 5) is 24.1. The maximum atomic E-state index is 12.1. The minimum absolute atomic E-state index is 0.00124. The molecule has 2 rings (SSSR count). The molecular weight excluding hydrogens is 268 g/mol. The molecule has 1 aliphatic heterocycles. The number of hydrogen-bond acceptors (Lipinski definition) is 4. The first-order valence-electron chi connectivity index (χ1n) is 7.18. The van der Waals surface area contributed by atoms with Crippen molar-refractivity contribution in [1.29, 1.82) is 0 Å². The van der Waals surface area contributed by atoms with Crippen molar-refractivity contribution in [3.8, 4) is 0 Å². The van der Waals surface area contributed by atoms with Crippen molar-refractivity contribution < 1.29 is 14.3 Å². The molecule has 0 aromatic heterocycles. The van der Waals surface area contributed by atoms with Gasteiger partial charge in [-0.3, -0.25) is 14.6 Å². The van der Waals surface area contributed by atoms with Gasteiger partial charge in [-0.15, -0.1) is 0 Å². The number of carbonyl (C=O) groups is 2. The summed E-state index contributed by atoms with van der Waals surface area (Å²) in [5.74, 6) is -0.313. The van der Waals surface area contributed by atoms with E-state index in [1.54, 1.807) is 0 Å². The number of amides is 1. The lowest BCUT2D eigenvalue weighted by Gasteiger charge is -2.34. The summed E-state index contributed by atoms with van der Waals surface area (Å²) in [5.41, 5.74) is 3.48. The summed E-state index contributed by atoms with van der Waals surface area (Å²) >= 11 is 0. The van der Waals surface area contributed by atoms with E-state index in [1.165, 1.54) is 5.01 Å².